The number of ether oxygens (including phenoxy) is 2. The molecule has 3 unspecified atom stereocenters. The summed E-state index contributed by atoms with van der Waals surface area (Å²) in [4.78, 5) is 67.0. The lowest BCUT2D eigenvalue weighted by Crippen LogP contribution is -2.53. The van der Waals surface area contributed by atoms with E-state index >= 15 is 0 Å². The summed E-state index contributed by atoms with van der Waals surface area (Å²) < 4.78 is 12.0. The van der Waals surface area contributed by atoms with E-state index in [-0.39, 0.29) is 55.4 Å². The number of allylic oxidation sites excluding steroid dienone is 1. The molecule has 6 N–H and O–H groups in total. The van der Waals surface area contributed by atoms with Gasteiger partial charge in [-0.2, -0.15) is 0 Å². The molecule has 10 atom stereocenters. The van der Waals surface area contributed by atoms with Crippen LogP contribution in [0.2, 0.25) is 0 Å². The van der Waals surface area contributed by atoms with Crippen LogP contribution in [-0.2, 0) is 42.5 Å². The van der Waals surface area contributed by atoms with Gasteiger partial charge in [-0.3, -0.25) is 34.6 Å². The molecule has 488 valence electrons. The molecule has 5 aromatic carbocycles. The van der Waals surface area contributed by atoms with Gasteiger partial charge >= 0.3 is 0 Å². The van der Waals surface area contributed by atoms with Crippen molar-refractivity contribution in [1.29, 1.82) is 0 Å². The van der Waals surface area contributed by atoms with E-state index in [2.05, 4.69) is 104 Å². The summed E-state index contributed by atoms with van der Waals surface area (Å²) in [6.07, 6.45) is 18.3. The molecule has 0 aromatic heterocycles. The van der Waals surface area contributed by atoms with E-state index in [9.17, 15) is 34.4 Å². The maximum atomic E-state index is 14.6. The molecule has 4 aliphatic rings. The lowest BCUT2D eigenvalue weighted by atomic mass is 9.47. The van der Waals surface area contributed by atoms with Gasteiger partial charge in [0.15, 0.2) is 0 Å². The predicted octanol–water partition coefficient (Wildman–Crippen LogP) is 13.7. The van der Waals surface area contributed by atoms with Gasteiger partial charge in [0.05, 0.1) is 30.3 Å². The number of aliphatic hydroxyl groups is 1. The third-order valence-electron chi connectivity index (χ3n) is 21.4. The number of nitro groups is 1. The number of nitrogens with one attached hydrogen (secondary N) is 5. The Bertz CT molecular complexity index is 3170. The number of anilines is 1. The fourth-order valence-corrected chi connectivity index (χ4v) is 16.4. The van der Waals surface area contributed by atoms with Crippen molar-refractivity contribution in [2.75, 3.05) is 32.1 Å². The van der Waals surface area contributed by atoms with E-state index in [1.807, 2.05) is 48.5 Å². The Morgan fingerprint density at radius 2 is 1.35 bits per heavy atom. The largest absolute Gasteiger partial charge is 0.497 e. The van der Waals surface area contributed by atoms with E-state index < -0.39 is 40.3 Å². The first-order valence-corrected chi connectivity index (χ1v) is 33.9. The van der Waals surface area contributed by atoms with Gasteiger partial charge in [-0.15, -0.1) is 0 Å². The van der Waals surface area contributed by atoms with Crippen molar-refractivity contribution in [1.82, 2.24) is 21.3 Å². The minimum absolute atomic E-state index is 0.0493. The van der Waals surface area contributed by atoms with Crippen LogP contribution < -0.4 is 31.3 Å². The summed E-state index contributed by atoms with van der Waals surface area (Å²) in [5.41, 5.74) is 6.15. The first kappa shape index (κ1) is 68.2. The van der Waals surface area contributed by atoms with Crippen LogP contribution in [-0.4, -0.2) is 78.7 Å². The van der Waals surface area contributed by atoms with Crippen LogP contribution in [0.4, 0.5) is 11.4 Å². The molecule has 0 radical (unpaired) electrons. The molecule has 0 heterocycles. The number of benzene rings is 5. The fourth-order valence-electron chi connectivity index (χ4n) is 16.4. The number of aliphatic hydroxyl groups excluding tert-OH is 1. The Balaban J connectivity index is 0.786. The topological polar surface area (TPSA) is 210 Å². The second kappa shape index (κ2) is 31.9. The summed E-state index contributed by atoms with van der Waals surface area (Å²) in [6.45, 7) is 13.8. The Hall–Kier alpha value is -7.20. The van der Waals surface area contributed by atoms with Crippen molar-refractivity contribution in [3.63, 3.8) is 0 Å². The van der Waals surface area contributed by atoms with E-state index in [0.717, 1.165) is 77.2 Å². The number of fused-ring (bicyclic) bond motifs is 5. The monoisotopic (exact) mass is 1240 g/mol. The quantitative estimate of drug-likeness (QED) is 0.00789. The van der Waals surface area contributed by atoms with Gasteiger partial charge in [0.25, 0.3) is 5.69 Å². The molecule has 9 rings (SSSR count). The van der Waals surface area contributed by atoms with Crippen LogP contribution in [0.1, 0.15) is 172 Å². The number of methoxy groups -OCH3 is 1. The lowest BCUT2D eigenvalue weighted by Gasteiger charge is -2.58. The molecule has 0 spiro atoms. The third-order valence-corrected chi connectivity index (χ3v) is 21.4. The second-order valence-corrected chi connectivity index (χ2v) is 27.5. The average molecular weight is 1240 g/mol. The van der Waals surface area contributed by atoms with Crippen LogP contribution >= 0.6 is 0 Å². The van der Waals surface area contributed by atoms with Crippen LogP contribution in [0.3, 0.4) is 0 Å². The maximum Gasteiger partial charge on any atom is 0.269 e. The number of carbonyl (C=O) groups is 4. The number of nitrogens with zero attached hydrogens (tertiary/aromatic N) is 1. The predicted molar refractivity (Wildman–Crippen MR) is 359 cm³/mol. The molecular weight excluding hydrogens is 1140 g/mol. The number of carbonyl (C=O) groups excluding carboxylic acids is 4. The number of non-ortho nitro benzene ring substituents is 1. The molecule has 0 saturated heterocycles. The van der Waals surface area contributed by atoms with Gasteiger partial charge in [-0.1, -0.05) is 163 Å². The van der Waals surface area contributed by atoms with E-state index in [1.54, 1.807) is 36.9 Å². The number of hydrogen-bond acceptors (Lipinski definition) is 10. The van der Waals surface area contributed by atoms with Gasteiger partial charge in [-0.05, 0) is 182 Å². The Labute approximate surface area is 540 Å². The first-order chi connectivity index (χ1) is 43.9. The zero-order chi connectivity index (χ0) is 64.5. The molecule has 4 aliphatic carbocycles. The molecule has 4 amide bonds. The molecular formula is C76H100N6O9. The fraction of sp³-hybridized carbons (Fsp3) is 0.526. The molecule has 3 saturated carbocycles. The van der Waals surface area contributed by atoms with Crippen molar-refractivity contribution in [2.24, 2.45) is 46.3 Å². The van der Waals surface area contributed by atoms with Crippen LogP contribution in [0, 0.1) is 56.5 Å². The van der Waals surface area contributed by atoms with Crippen molar-refractivity contribution in [3.8, 4) is 5.75 Å². The van der Waals surface area contributed by atoms with Crippen LogP contribution in [0.15, 0.2) is 145 Å². The minimum Gasteiger partial charge on any atom is -0.497 e. The summed E-state index contributed by atoms with van der Waals surface area (Å²) in [6, 6.07) is 38.6. The number of amides is 4. The summed E-state index contributed by atoms with van der Waals surface area (Å²) in [7, 11) is 1.64. The first-order valence-electron chi connectivity index (χ1n) is 33.9. The van der Waals surface area contributed by atoms with Gasteiger partial charge < -0.3 is 35.8 Å². The molecule has 91 heavy (non-hydrogen) atoms. The average Bonchev–Trinajstić information content (AvgIpc) is 1.70. The number of rotatable bonds is 32. The highest BCUT2D eigenvalue weighted by Crippen LogP contribution is 2.67. The minimum atomic E-state index is -1.21. The maximum absolute atomic E-state index is 14.6. The normalized spacial score (nSPS) is 22.9. The highest BCUT2D eigenvalue weighted by molar-refractivity contribution is 5.98. The Morgan fingerprint density at radius 1 is 0.681 bits per heavy atom. The van der Waals surface area contributed by atoms with Crippen molar-refractivity contribution < 1.29 is 38.7 Å². The van der Waals surface area contributed by atoms with Crippen molar-refractivity contribution in [2.45, 2.75) is 181 Å². The molecule has 3 fully saturated rings. The summed E-state index contributed by atoms with van der Waals surface area (Å²) in [5, 5.41) is 36.8. The van der Waals surface area contributed by atoms with Crippen LogP contribution in [0.25, 0.3) is 0 Å². The number of nitro benzene ring substituents is 1. The second-order valence-electron chi connectivity index (χ2n) is 27.5. The molecule has 15 heteroatoms. The number of hydrogen-bond donors (Lipinski definition) is 6. The van der Waals surface area contributed by atoms with Gasteiger partial charge in [0, 0.05) is 50.2 Å². The van der Waals surface area contributed by atoms with Crippen molar-refractivity contribution in [3.05, 3.63) is 183 Å². The standard InChI is InChI=1S/C76H100N6O9/c1-52(2)17-15-18-53(3)65-38-39-66-64-37-30-59-50-63(42-44-74(59,4)67(64)43-45-75(65,66)5)91-48-16-46-77-70(84)40-41-71(85)80-69(49-54-26-33-61(34-27-54)82(88)89)73(87)81-68(72(86)79-60-31-24-55(51-83)25-32-60)23-13-14-47-78-76(56-19-9-7-10-20-56,57-21-11-8-12-22-57)58-28-35-62(90-6)36-29-58/h7-12,19-22,24-36,52-53,63-69,78,83H,13-18,23,37-51H2,1-6H3,(H,77,84)(H,79,86)(H,80,85)(H,81,87)/t53?,63-,64-,65+,66-,67-,68?,69?,74-,75+/m0/s1. The molecule has 0 aliphatic heterocycles. The summed E-state index contributed by atoms with van der Waals surface area (Å²) >= 11 is 0. The SMILES string of the molecule is COc1ccc(C(NCCCCC(NC(=O)C(Cc2ccc([N+](=O)[O-])cc2)NC(=O)CCC(=O)NCCCO[C@H]2CC[C@@]3(C)C(=CC[C@H]4[C@@H]5CC[C@H](C(C)CCCC(C)C)[C@@]5(C)CC[C@@H]43)C2)C(=O)Nc2ccc(CO)cc2)(c2ccccc2)c2ccccc2)cc1. The van der Waals surface area contributed by atoms with E-state index in [4.69, 9.17) is 9.47 Å². The zero-order valence-corrected chi connectivity index (χ0v) is 54.7. The zero-order valence-electron chi connectivity index (χ0n) is 54.7. The van der Waals surface area contributed by atoms with Gasteiger partial charge in [-0.25, -0.2) is 0 Å². The molecule has 15 nitrogen and oxygen atoms in total. The lowest BCUT2D eigenvalue weighted by molar-refractivity contribution is -0.384. The third kappa shape index (κ3) is 16.9. The summed E-state index contributed by atoms with van der Waals surface area (Å²) in [5.74, 6) is 3.58. The number of unbranched alkanes of at least 4 members (excludes halogenated alkanes) is 1. The highest BCUT2D eigenvalue weighted by atomic mass is 16.6. The van der Waals surface area contributed by atoms with Crippen LogP contribution in [0.5, 0.6) is 5.75 Å². The molecule has 0 bridgehead atoms. The van der Waals surface area contributed by atoms with Gasteiger partial charge in [0.2, 0.25) is 23.6 Å². The molecule has 5 aromatic rings. The van der Waals surface area contributed by atoms with E-state index in [0.29, 0.717) is 61.2 Å². The highest BCUT2D eigenvalue weighted by Gasteiger charge is 2.59. The Morgan fingerprint density at radius 3 is 2.01 bits per heavy atom. The van der Waals surface area contributed by atoms with Gasteiger partial charge in [0.1, 0.15) is 17.8 Å². The smallest absolute Gasteiger partial charge is 0.269 e. The van der Waals surface area contributed by atoms with E-state index in [1.165, 1.54) is 75.6 Å². The Kier molecular flexibility index (Phi) is 23.9. The van der Waals surface area contributed by atoms with Crippen molar-refractivity contribution >= 4 is 35.0 Å².